The highest BCUT2D eigenvalue weighted by Gasteiger charge is 2.50. The van der Waals surface area contributed by atoms with Crippen LogP contribution in [-0.2, 0) is 5.41 Å². The molecule has 0 radical (unpaired) electrons. The number of anilines is 2. The van der Waals surface area contributed by atoms with E-state index in [1.165, 1.54) is 44.8 Å². The zero-order chi connectivity index (χ0) is 18.0. The monoisotopic (exact) mass is 343 g/mol. The van der Waals surface area contributed by atoms with Gasteiger partial charge in [-0.25, -0.2) is 0 Å². The standard InChI is InChI=1S/C25H18BN/c26-27-23-15-7-5-13-21(23)25(22-14-6-8-16-24(22)27)19-11-3-1-9-17(19)18-10-2-4-12-20(18)25/h1-16H,26H2. The van der Waals surface area contributed by atoms with E-state index in [0.717, 1.165) is 0 Å². The summed E-state index contributed by atoms with van der Waals surface area (Å²) in [5, 5.41) is 0. The van der Waals surface area contributed by atoms with E-state index in [9.17, 15) is 0 Å². The molecule has 0 aromatic heterocycles. The van der Waals surface area contributed by atoms with Gasteiger partial charge >= 0.3 is 0 Å². The van der Waals surface area contributed by atoms with E-state index < -0.39 is 0 Å². The van der Waals surface area contributed by atoms with Gasteiger partial charge in [0.2, 0.25) is 7.98 Å². The Bertz CT molecular complexity index is 1120. The minimum atomic E-state index is -0.257. The topological polar surface area (TPSA) is 3.24 Å². The van der Waals surface area contributed by atoms with Crippen molar-refractivity contribution in [2.75, 3.05) is 4.81 Å². The minimum Gasteiger partial charge on any atom is -0.393 e. The second-order valence-corrected chi connectivity index (χ2v) is 7.43. The van der Waals surface area contributed by atoms with Crippen molar-refractivity contribution in [2.24, 2.45) is 0 Å². The molecule has 0 bridgehead atoms. The van der Waals surface area contributed by atoms with Crippen molar-refractivity contribution < 1.29 is 0 Å². The molecule has 1 aliphatic carbocycles. The Labute approximate surface area is 160 Å². The fourth-order valence-electron chi connectivity index (χ4n) is 5.26. The molecular formula is C25H18BN. The van der Waals surface area contributed by atoms with Crippen LogP contribution in [0, 0.1) is 0 Å². The Hall–Kier alpha value is -3.26. The van der Waals surface area contributed by atoms with Crippen LogP contribution in [0.3, 0.4) is 0 Å². The smallest absolute Gasteiger partial charge is 0.223 e. The highest BCUT2D eigenvalue weighted by atomic mass is 15.1. The number of hydrogen-bond donors (Lipinski definition) is 0. The predicted molar refractivity (Wildman–Crippen MR) is 114 cm³/mol. The van der Waals surface area contributed by atoms with Crippen LogP contribution in [0.4, 0.5) is 11.4 Å². The summed E-state index contributed by atoms with van der Waals surface area (Å²) in [4.78, 5) is 2.33. The second-order valence-electron chi connectivity index (χ2n) is 7.43. The van der Waals surface area contributed by atoms with Gasteiger partial charge in [-0.2, -0.15) is 0 Å². The molecule has 1 aliphatic heterocycles. The summed E-state index contributed by atoms with van der Waals surface area (Å²) in [6, 6.07) is 35.6. The Morgan fingerprint density at radius 3 is 1.33 bits per heavy atom. The van der Waals surface area contributed by atoms with E-state index in [0.29, 0.717) is 0 Å². The van der Waals surface area contributed by atoms with E-state index in [1.807, 2.05) is 0 Å². The molecule has 1 heterocycles. The van der Waals surface area contributed by atoms with Gasteiger partial charge in [-0.05, 0) is 45.5 Å². The zero-order valence-corrected chi connectivity index (χ0v) is 15.2. The van der Waals surface area contributed by atoms with Crippen LogP contribution in [0.1, 0.15) is 22.3 Å². The third kappa shape index (κ3) is 1.66. The van der Waals surface area contributed by atoms with Crippen molar-refractivity contribution in [3.05, 3.63) is 119 Å². The molecule has 0 unspecified atom stereocenters. The number of benzene rings is 4. The fraction of sp³-hybridized carbons (Fsp3) is 0.0400. The molecular weight excluding hydrogens is 325 g/mol. The first-order chi connectivity index (χ1) is 13.3. The average Bonchev–Trinajstić information content (AvgIpc) is 3.04. The predicted octanol–water partition coefficient (Wildman–Crippen LogP) is 5.05. The largest absolute Gasteiger partial charge is 0.393 e. The molecule has 1 nitrogen and oxygen atoms in total. The number of fused-ring (bicyclic) bond motifs is 9. The zero-order valence-electron chi connectivity index (χ0n) is 15.2. The Balaban J connectivity index is 1.87. The van der Waals surface area contributed by atoms with Crippen molar-refractivity contribution in [3.63, 3.8) is 0 Å². The van der Waals surface area contributed by atoms with E-state index in [1.54, 1.807) is 0 Å². The van der Waals surface area contributed by atoms with Gasteiger partial charge in [-0.15, -0.1) is 0 Å². The highest BCUT2D eigenvalue weighted by molar-refractivity contribution is 6.24. The molecule has 126 valence electrons. The molecule has 2 heteroatoms. The van der Waals surface area contributed by atoms with Crippen molar-refractivity contribution in [1.82, 2.24) is 0 Å². The van der Waals surface area contributed by atoms with E-state index in [2.05, 4.69) is 110 Å². The lowest BCUT2D eigenvalue weighted by Crippen LogP contribution is -2.36. The molecule has 0 fully saturated rings. The molecule has 4 aromatic carbocycles. The first-order valence-corrected chi connectivity index (χ1v) is 9.45. The second kappa shape index (κ2) is 5.14. The van der Waals surface area contributed by atoms with Crippen molar-refractivity contribution in [2.45, 2.75) is 5.41 Å². The van der Waals surface area contributed by atoms with Crippen LogP contribution in [-0.4, -0.2) is 7.98 Å². The van der Waals surface area contributed by atoms with Gasteiger partial charge in [0.25, 0.3) is 0 Å². The van der Waals surface area contributed by atoms with Crippen LogP contribution >= 0.6 is 0 Å². The van der Waals surface area contributed by atoms with E-state index in [-0.39, 0.29) is 5.41 Å². The summed E-state index contributed by atoms with van der Waals surface area (Å²) in [7, 11) is 2.18. The number of hydrogen-bond acceptors (Lipinski definition) is 1. The van der Waals surface area contributed by atoms with Crippen LogP contribution in [0.25, 0.3) is 11.1 Å². The molecule has 0 amide bonds. The highest BCUT2D eigenvalue weighted by Crippen LogP contribution is 2.61. The first kappa shape index (κ1) is 14.9. The van der Waals surface area contributed by atoms with Gasteiger partial charge in [0.15, 0.2) is 0 Å². The van der Waals surface area contributed by atoms with E-state index >= 15 is 0 Å². The number of nitrogens with zero attached hydrogens (tertiary/aromatic N) is 1. The molecule has 4 aromatic rings. The lowest BCUT2D eigenvalue weighted by molar-refractivity contribution is 0.757. The maximum Gasteiger partial charge on any atom is 0.223 e. The summed E-state index contributed by atoms with van der Waals surface area (Å²) in [5.74, 6) is 0. The fourth-order valence-corrected chi connectivity index (χ4v) is 5.26. The third-order valence-corrected chi connectivity index (χ3v) is 6.29. The van der Waals surface area contributed by atoms with Crippen molar-refractivity contribution in [3.8, 4) is 11.1 Å². The Kier molecular flexibility index (Phi) is 2.83. The van der Waals surface area contributed by atoms with E-state index in [4.69, 9.17) is 0 Å². The quantitative estimate of drug-likeness (QED) is 0.356. The van der Waals surface area contributed by atoms with Gasteiger partial charge in [-0.3, -0.25) is 0 Å². The SMILES string of the molecule is BN1c2ccccc2C2(c3ccccc3-c3ccccc32)c2ccccc21. The Morgan fingerprint density at radius 1 is 0.481 bits per heavy atom. The molecule has 2 aliphatic rings. The van der Waals surface area contributed by atoms with Crippen LogP contribution in [0.15, 0.2) is 97.1 Å². The molecule has 6 rings (SSSR count). The summed E-state index contributed by atoms with van der Waals surface area (Å²) < 4.78 is 0. The van der Waals surface area contributed by atoms with Crippen LogP contribution in [0.5, 0.6) is 0 Å². The average molecular weight is 343 g/mol. The summed E-state index contributed by atoms with van der Waals surface area (Å²) in [6.45, 7) is 0. The summed E-state index contributed by atoms with van der Waals surface area (Å²) >= 11 is 0. The molecule has 0 N–H and O–H groups in total. The summed E-state index contributed by atoms with van der Waals surface area (Å²) in [5.41, 5.74) is 10.5. The molecule has 0 saturated heterocycles. The number of rotatable bonds is 0. The normalized spacial score (nSPS) is 15.0. The lowest BCUT2D eigenvalue weighted by Gasteiger charge is -2.44. The molecule has 27 heavy (non-hydrogen) atoms. The molecule has 0 saturated carbocycles. The van der Waals surface area contributed by atoms with Gasteiger partial charge < -0.3 is 4.81 Å². The van der Waals surface area contributed by atoms with Crippen LogP contribution < -0.4 is 4.81 Å². The molecule has 0 atom stereocenters. The maximum absolute atomic E-state index is 2.33. The third-order valence-electron chi connectivity index (χ3n) is 6.29. The van der Waals surface area contributed by atoms with Gasteiger partial charge in [-0.1, -0.05) is 84.9 Å². The van der Waals surface area contributed by atoms with Crippen molar-refractivity contribution in [1.29, 1.82) is 0 Å². The number of para-hydroxylation sites is 2. The van der Waals surface area contributed by atoms with Gasteiger partial charge in [0, 0.05) is 11.4 Å². The van der Waals surface area contributed by atoms with Crippen LogP contribution in [0.2, 0.25) is 0 Å². The van der Waals surface area contributed by atoms with Gasteiger partial charge in [0.05, 0.1) is 5.41 Å². The first-order valence-electron chi connectivity index (χ1n) is 9.45. The molecule has 1 spiro atoms. The Morgan fingerprint density at radius 2 is 0.852 bits per heavy atom. The summed E-state index contributed by atoms with van der Waals surface area (Å²) in [6.07, 6.45) is 0. The lowest BCUT2D eigenvalue weighted by atomic mass is 9.64. The van der Waals surface area contributed by atoms with Crippen molar-refractivity contribution >= 4 is 19.4 Å². The van der Waals surface area contributed by atoms with Gasteiger partial charge in [0.1, 0.15) is 0 Å². The maximum atomic E-state index is 2.33. The minimum absolute atomic E-state index is 0.257.